The van der Waals surface area contributed by atoms with Crippen molar-refractivity contribution in [2.45, 2.75) is 31.7 Å². The lowest BCUT2D eigenvalue weighted by molar-refractivity contribution is 0.102. The van der Waals surface area contributed by atoms with Crippen molar-refractivity contribution in [3.05, 3.63) is 42.2 Å². The molecule has 1 saturated carbocycles. The third-order valence-corrected chi connectivity index (χ3v) is 4.24. The molecule has 0 saturated heterocycles. The number of hydrogen-bond donors (Lipinski definition) is 2. The van der Waals surface area contributed by atoms with Crippen LogP contribution < -0.4 is 15.5 Å². The Bertz CT molecular complexity index is 676. The Balaban J connectivity index is 1.60. The van der Waals surface area contributed by atoms with Crippen molar-refractivity contribution in [1.29, 1.82) is 0 Å². The molecular weight excluding hydrogens is 302 g/mol. The van der Waals surface area contributed by atoms with E-state index in [0.717, 1.165) is 24.2 Å². The van der Waals surface area contributed by atoms with Gasteiger partial charge in [-0.3, -0.25) is 4.79 Å². The highest BCUT2D eigenvalue weighted by atomic mass is 16.1. The molecule has 6 nitrogen and oxygen atoms in total. The van der Waals surface area contributed by atoms with Crippen LogP contribution in [0.15, 0.2) is 36.7 Å². The van der Waals surface area contributed by atoms with Crippen LogP contribution >= 0.6 is 0 Å². The lowest BCUT2D eigenvalue weighted by Gasteiger charge is -2.13. The molecule has 0 aliphatic heterocycles. The molecular formula is C18H23N5O. The number of hydrogen-bond acceptors (Lipinski definition) is 5. The first-order valence-electron chi connectivity index (χ1n) is 8.29. The molecule has 0 bridgehead atoms. The first-order valence-corrected chi connectivity index (χ1v) is 8.29. The zero-order valence-electron chi connectivity index (χ0n) is 14.1. The van der Waals surface area contributed by atoms with E-state index in [4.69, 9.17) is 0 Å². The summed E-state index contributed by atoms with van der Waals surface area (Å²) >= 11 is 0. The summed E-state index contributed by atoms with van der Waals surface area (Å²) < 4.78 is 0. The third kappa shape index (κ3) is 4.01. The van der Waals surface area contributed by atoms with Gasteiger partial charge in [-0.25, -0.2) is 9.97 Å². The van der Waals surface area contributed by atoms with E-state index in [2.05, 4.69) is 20.6 Å². The molecule has 0 radical (unpaired) electrons. The Hall–Kier alpha value is -2.63. The van der Waals surface area contributed by atoms with E-state index >= 15 is 0 Å². The highest BCUT2D eigenvalue weighted by Crippen LogP contribution is 2.20. The fraction of sp³-hybridized carbons (Fsp3) is 0.389. The number of benzene rings is 1. The van der Waals surface area contributed by atoms with Gasteiger partial charge in [0.05, 0.1) is 5.56 Å². The smallest absolute Gasteiger partial charge is 0.258 e. The van der Waals surface area contributed by atoms with Crippen LogP contribution in [-0.4, -0.2) is 36.0 Å². The Labute approximate surface area is 142 Å². The molecule has 126 valence electrons. The molecule has 1 aromatic heterocycles. The van der Waals surface area contributed by atoms with Gasteiger partial charge in [-0.15, -0.1) is 0 Å². The fourth-order valence-electron chi connectivity index (χ4n) is 2.82. The van der Waals surface area contributed by atoms with Gasteiger partial charge in [0.25, 0.3) is 5.91 Å². The van der Waals surface area contributed by atoms with Crippen LogP contribution in [0.2, 0.25) is 0 Å². The van der Waals surface area contributed by atoms with Crippen LogP contribution in [-0.2, 0) is 0 Å². The first-order chi connectivity index (χ1) is 11.6. The molecule has 0 spiro atoms. The maximum atomic E-state index is 12.3. The lowest BCUT2D eigenvalue weighted by atomic mass is 10.2. The van der Waals surface area contributed by atoms with E-state index in [9.17, 15) is 4.79 Å². The van der Waals surface area contributed by atoms with Crippen LogP contribution in [0.5, 0.6) is 0 Å². The molecule has 0 unspecified atom stereocenters. The molecule has 2 aromatic rings. The van der Waals surface area contributed by atoms with Crippen molar-refractivity contribution in [2.75, 3.05) is 29.6 Å². The molecule has 2 N–H and O–H groups in total. The summed E-state index contributed by atoms with van der Waals surface area (Å²) in [6.45, 7) is 0. The molecule has 1 amide bonds. The van der Waals surface area contributed by atoms with Crippen molar-refractivity contribution < 1.29 is 4.79 Å². The SMILES string of the molecule is CN(C)c1ccc(NC(=O)c2cnc(NC3CCCC3)nc2)cc1. The number of nitrogens with zero attached hydrogens (tertiary/aromatic N) is 3. The molecule has 3 rings (SSSR count). The number of amides is 1. The Morgan fingerprint density at radius 1 is 1.08 bits per heavy atom. The van der Waals surface area contributed by atoms with Gasteiger partial charge in [-0.2, -0.15) is 0 Å². The van der Waals surface area contributed by atoms with Gasteiger partial charge in [-0.1, -0.05) is 12.8 Å². The topological polar surface area (TPSA) is 70.2 Å². The van der Waals surface area contributed by atoms with E-state index in [0.29, 0.717) is 17.6 Å². The number of aromatic nitrogens is 2. The quantitative estimate of drug-likeness (QED) is 0.884. The zero-order valence-corrected chi connectivity index (χ0v) is 14.1. The molecule has 0 atom stereocenters. The maximum absolute atomic E-state index is 12.3. The lowest BCUT2D eigenvalue weighted by Crippen LogP contribution is -2.18. The van der Waals surface area contributed by atoms with Gasteiger partial charge in [0, 0.05) is 43.9 Å². The van der Waals surface area contributed by atoms with Crippen LogP contribution in [0.1, 0.15) is 36.0 Å². The second-order valence-electron chi connectivity index (χ2n) is 6.32. The van der Waals surface area contributed by atoms with E-state index in [-0.39, 0.29) is 5.91 Å². The third-order valence-electron chi connectivity index (χ3n) is 4.24. The minimum absolute atomic E-state index is 0.208. The van der Waals surface area contributed by atoms with E-state index in [1.54, 1.807) is 12.4 Å². The largest absolute Gasteiger partial charge is 0.378 e. The van der Waals surface area contributed by atoms with Crippen LogP contribution in [0.4, 0.5) is 17.3 Å². The van der Waals surface area contributed by atoms with E-state index < -0.39 is 0 Å². The first kappa shape index (κ1) is 16.2. The Morgan fingerprint density at radius 3 is 2.29 bits per heavy atom. The Kier molecular flexibility index (Phi) is 4.93. The molecule has 1 aromatic carbocycles. The maximum Gasteiger partial charge on any atom is 0.258 e. The average molecular weight is 325 g/mol. The van der Waals surface area contributed by atoms with Gasteiger partial charge in [0.2, 0.25) is 5.95 Å². The van der Waals surface area contributed by atoms with Gasteiger partial charge in [0.15, 0.2) is 0 Å². The molecule has 1 aliphatic rings. The molecule has 1 heterocycles. The molecule has 24 heavy (non-hydrogen) atoms. The van der Waals surface area contributed by atoms with Crippen LogP contribution in [0.3, 0.4) is 0 Å². The summed E-state index contributed by atoms with van der Waals surface area (Å²) in [6, 6.07) is 8.13. The van der Waals surface area contributed by atoms with Crippen LogP contribution in [0, 0.1) is 0 Å². The van der Waals surface area contributed by atoms with Crippen molar-refractivity contribution in [1.82, 2.24) is 9.97 Å². The van der Waals surface area contributed by atoms with Crippen LogP contribution in [0.25, 0.3) is 0 Å². The monoisotopic (exact) mass is 325 g/mol. The summed E-state index contributed by atoms with van der Waals surface area (Å²) in [4.78, 5) is 22.8. The summed E-state index contributed by atoms with van der Waals surface area (Å²) in [6.07, 6.45) is 7.96. The minimum atomic E-state index is -0.208. The fourth-order valence-corrected chi connectivity index (χ4v) is 2.82. The van der Waals surface area contributed by atoms with Crippen molar-refractivity contribution in [3.8, 4) is 0 Å². The highest BCUT2D eigenvalue weighted by molar-refractivity contribution is 6.03. The van der Waals surface area contributed by atoms with E-state index in [1.165, 1.54) is 12.8 Å². The van der Waals surface area contributed by atoms with Gasteiger partial charge >= 0.3 is 0 Å². The Morgan fingerprint density at radius 2 is 1.71 bits per heavy atom. The second kappa shape index (κ2) is 7.29. The summed E-state index contributed by atoms with van der Waals surface area (Å²) in [5.41, 5.74) is 2.28. The zero-order chi connectivity index (χ0) is 16.9. The van der Waals surface area contributed by atoms with Gasteiger partial charge in [-0.05, 0) is 37.1 Å². The predicted octanol–water partition coefficient (Wildman–Crippen LogP) is 3.15. The standard InChI is InChI=1S/C18H23N5O/c1-23(2)16-9-7-15(8-10-16)21-17(24)13-11-19-18(20-12-13)22-14-5-3-4-6-14/h7-12,14H,3-6H2,1-2H3,(H,21,24)(H,19,20,22). The molecule has 6 heteroatoms. The summed E-state index contributed by atoms with van der Waals surface area (Å²) in [5.74, 6) is 0.383. The summed E-state index contributed by atoms with van der Waals surface area (Å²) in [5, 5.41) is 6.17. The van der Waals surface area contributed by atoms with E-state index in [1.807, 2.05) is 43.3 Å². The normalized spacial score (nSPS) is 14.4. The number of anilines is 3. The number of carbonyl (C=O) groups is 1. The molecule has 1 fully saturated rings. The number of nitrogens with one attached hydrogen (secondary N) is 2. The van der Waals surface area contributed by atoms with Crippen molar-refractivity contribution in [3.63, 3.8) is 0 Å². The van der Waals surface area contributed by atoms with Gasteiger partial charge < -0.3 is 15.5 Å². The van der Waals surface area contributed by atoms with Crippen molar-refractivity contribution in [2.24, 2.45) is 0 Å². The minimum Gasteiger partial charge on any atom is -0.378 e. The summed E-state index contributed by atoms with van der Waals surface area (Å²) in [7, 11) is 3.96. The number of rotatable bonds is 5. The van der Waals surface area contributed by atoms with Gasteiger partial charge in [0.1, 0.15) is 0 Å². The second-order valence-corrected chi connectivity index (χ2v) is 6.32. The average Bonchev–Trinajstić information content (AvgIpc) is 3.09. The highest BCUT2D eigenvalue weighted by Gasteiger charge is 2.16. The number of carbonyl (C=O) groups excluding carboxylic acids is 1. The predicted molar refractivity (Wildman–Crippen MR) is 96.6 cm³/mol. The van der Waals surface area contributed by atoms with Crippen molar-refractivity contribution >= 4 is 23.2 Å². The molecule has 1 aliphatic carbocycles.